The molecule has 0 aliphatic rings. The third-order valence-corrected chi connectivity index (χ3v) is 2.81. The van der Waals surface area contributed by atoms with Crippen molar-refractivity contribution in [2.75, 3.05) is 13.7 Å². The van der Waals surface area contributed by atoms with E-state index in [1.54, 1.807) is 30.3 Å². The van der Waals surface area contributed by atoms with E-state index in [9.17, 15) is 14.9 Å². The number of hydrogen-bond donors (Lipinski definition) is 0. The molecular formula is C15H13NO5. The minimum absolute atomic E-state index is 0.0683. The van der Waals surface area contributed by atoms with E-state index in [4.69, 9.17) is 9.47 Å². The zero-order chi connectivity index (χ0) is 15.2. The summed E-state index contributed by atoms with van der Waals surface area (Å²) in [6.45, 7) is -0.280. The number of nitro benzene ring substituents is 1. The molecule has 0 spiro atoms. The second-order valence-corrected chi connectivity index (χ2v) is 4.17. The maximum absolute atomic E-state index is 12.0. The molecule has 21 heavy (non-hydrogen) atoms. The molecule has 0 aromatic heterocycles. The average molecular weight is 287 g/mol. The van der Waals surface area contributed by atoms with Gasteiger partial charge in [-0.15, -0.1) is 0 Å². The first kappa shape index (κ1) is 14.5. The third-order valence-electron chi connectivity index (χ3n) is 2.81. The van der Waals surface area contributed by atoms with E-state index in [1.807, 2.05) is 0 Å². The number of methoxy groups -OCH3 is 1. The molecule has 2 rings (SSSR count). The lowest BCUT2D eigenvalue weighted by atomic mass is 10.1. The minimum Gasteiger partial charge on any atom is -0.497 e. The predicted octanol–water partition coefficient (Wildman–Crippen LogP) is 2.87. The molecule has 0 atom stereocenters. The molecule has 108 valence electrons. The number of Topliss-reactive ketones (excluding diaryl/α,β-unsaturated/α-hetero) is 1. The molecule has 2 aromatic carbocycles. The van der Waals surface area contributed by atoms with Crippen molar-refractivity contribution in [2.45, 2.75) is 0 Å². The summed E-state index contributed by atoms with van der Waals surface area (Å²) in [6.07, 6.45) is 0. The summed E-state index contributed by atoms with van der Waals surface area (Å²) in [5.41, 5.74) is 0.254. The average Bonchev–Trinajstić information content (AvgIpc) is 2.52. The molecule has 0 amide bonds. The lowest BCUT2D eigenvalue weighted by molar-refractivity contribution is -0.385. The Bertz CT molecular complexity index is 669. The number of ether oxygens (including phenoxy) is 2. The first-order chi connectivity index (χ1) is 10.1. The van der Waals surface area contributed by atoms with E-state index in [0.29, 0.717) is 11.3 Å². The van der Waals surface area contributed by atoms with Crippen LogP contribution in [0.1, 0.15) is 10.4 Å². The Morgan fingerprint density at radius 1 is 1.19 bits per heavy atom. The molecule has 6 nitrogen and oxygen atoms in total. The van der Waals surface area contributed by atoms with Crippen LogP contribution >= 0.6 is 0 Å². The van der Waals surface area contributed by atoms with Crippen molar-refractivity contribution in [1.29, 1.82) is 0 Å². The van der Waals surface area contributed by atoms with Crippen LogP contribution in [0.2, 0.25) is 0 Å². The molecule has 0 N–H and O–H groups in total. The first-order valence-corrected chi connectivity index (χ1v) is 6.15. The van der Waals surface area contributed by atoms with Crippen molar-refractivity contribution in [1.82, 2.24) is 0 Å². The SMILES string of the molecule is COc1cccc(C(=O)COc2ccccc2[N+](=O)[O-])c1. The number of carbonyl (C=O) groups excluding carboxylic acids is 1. The number of rotatable bonds is 6. The van der Waals surface area contributed by atoms with Gasteiger partial charge in [-0.25, -0.2) is 0 Å². The maximum Gasteiger partial charge on any atom is 0.310 e. The monoisotopic (exact) mass is 287 g/mol. The lowest BCUT2D eigenvalue weighted by Crippen LogP contribution is -2.12. The molecule has 6 heteroatoms. The molecule has 0 aliphatic heterocycles. The summed E-state index contributed by atoms with van der Waals surface area (Å²) in [6, 6.07) is 12.6. The fraction of sp³-hybridized carbons (Fsp3) is 0.133. The highest BCUT2D eigenvalue weighted by atomic mass is 16.6. The molecule has 0 aliphatic carbocycles. The number of nitro groups is 1. The number of nitrogens with zero attached hydrogens (tertiary/aromatic N) is 1. The van der Waals surface area contributed by atoms with Crippen LogP contribution in [0, 0.1) is 10.1 Å². The number of benzene rings is 2. The Morgan fingerprint density at radius 2 is 1.95 bits per heavy atom. The topological polar surface area (TPSA) is 78.7 Å². The number of para-hydroxylation sites is 2. The van der Waals surface area contributed by atoms with Crippen molar-refractivity contribution in [3.05, 3.63) is 64.2 Å². The summed E-state index contributed by atoms with van der Waals surface area (Å²) >= 11 is 0. The molecule has 0 heterocycles. The minimum atomic E-state index is -0.550. The summed E-state index contributed by atoms with van der Waals surface area (Å²) in [5.74, 6) is 0.345. The van der Waals surface area contributed by atoms with Crippen molar-refractivity contribution >= 4 is 11.5 Å². The van der Waals surface area contributed by atoms with Gasteiger partial charge in [0, 0.05) is 11.6 Å². The molecule has 0 fully saturated rings. The Morgan fingerprint density at radius 3 is 2.67 bits per heavy atom. The van der Waals surface area contributed by atoms with E-state index in [-0.39, 0.29) is 23.8 Å². The number of hydrogen-bond acceptors (Lipinski definition) is 5. The Hall–Kier alpha value is -2.89. The quantitative estimate of drug-likeness (QED) is 0.463. The Labute approximate surface area is 121 Å². The van der Waals surface area contributed by atoms with Gasteiger partial charge in [0.1, 0.15) is 5.75 Å². The van der Waals surface area contributed by atoms with Gasteiger partial charge >= 0.3 is 5.69 Å². The van der Waals surface area contributed by atoms with Gasteiger partial charge < -0.3 is 9.47 Å². The largest absolute Gasteiger partial charge is 0.497 e. The molecular weight excluding hydrogens is 274 g/mol. The summed E-state index contributed by atoms with van der Waals surface area (Å²) in [5, 5.41) is 10.8. The zero-order valence-corrected chi connectivity index (χ0v) is 11.3. The first-order valence-electron chi connectivity index (χ1n) is 6.15. The van der Waals surface area contributed by atoms with Crippen LogP contribution < -0.4 is 9.47 Å². The van der Waals surface area contributed by atoms with Crippen LogP contribution in [-0.4, -0.2) is 24.4 Å². The zero-order valence-electron chi connectivity index (χ0n) is 11.3. The van der Waals surface area contributed by atoms with Crippen LogP contribution in [0.5, 0.6) is 11.5 Å². The summed E-state index contributed by atoms with van der Waals surface area (Å²) < 4.78 is 10.3. The fourth-order valence-corrected chi connectivity index (χ4v) is 1.75. The highest BCUT2D eigenvalue weighted by Crippen LogP contribution is 2.26. The highest BCUT2D eigenvalue weighted by molar-refractivity contribution is 5.97. The van der Waals surface area contributed by atoms with Gasteiger partial charge in [-0.05, 0) is 18.2 Å². The van der Waals surface area contributed by atoms with Crippen molar-refractivity contribution in [3.8, 4) is 11.5 Å². The molecule has 0 saturated heterocycles. The molecule has 0 unspecified atom stereocenters. The molecule has 2 aromatic rings. The summed E-state index contributed by atoms with van der Waals surface area (Å²) in [4.78, 5) is 22.3. The van der Waals surface area contributed by atoms with Crippen LogP contribution in [0.15, 0.2) is 48.5 Å². The van der Waals surface area contributed by atoms with Gasteiger partial charge in [0.2, 0.25) is 0 Å². The highest BCUT2D eigenvalue weighted by Gasteiger charge is 2.15. The van der Waals surface area contributed by atoms with Gasteiger partial charge in [0.15, 0.2) is 18.1 Å². The second-order valence-electron chi connectivity index (χ2n) is 4.17. The van der Waals surface area contributed by atoms with Gasteiger partial charge in [-0.1, -0.05) is 24.3 Å². The number of ketones is 1. The van der Waals surface area contributed by atoms with E-state index >= 15 is 0 Å². The Balaban J connectivity index is 2.09. The summed E-state index contributed by atoms with van der Waals surface area (Å²) in [7, 11) is 1.51. The maximum atomic E-state index is 12.0. The number of carbonyl (C=O) groups is 1. The Kier molecular flexibility index (Phi) is 4.50. The molecule has 0 bridgehead atoms. The van der Waals surface area contributed by atoms with Crippen LogP contribution in [0.3, 0.4) is 0 Å². The van der Waals surface area contributed by atoms with Gasteiger partial charge in [0.05, 0.1) is 12.0 Å². The molecule has 0 radical (unpaired) electrons. The second kappa shape index (κ2) is 6.51. The van der Waals surface area contributed by atoms with Gasteiger partial charge in [-0.3, -0.25) is 14.9 Å². The van der Waals surface area contributed by atoms with E-state index in [2.05, 4.69) is 0 Å². The third kappa shape index (κ3) is 3.56. The van der Waals surface area contributed by atoms with Crippen molar-refractivity contribution < 1.29 is 19.2 Å². The smallest absolute Gasteiger partial charge is 0.310 e. The predicted molar refractivity (Wildman–Crippen MR) is 75.9 cm³/mol. The van der Waals surface area contributed by atoms with Crippen LogP contribution in [-0.2, 0) is 0 Å². The lowest BCUT2D eigenvalue weighted by Gasteiger charge is -2.07. The fourth-order valence-electron chi connectivity index (χ4n) is 1.75. The van der Waals surface area contributed by atoms with Crippen LogP contribution in [0.4, 0.5) is 5.69 Å². The van der Waals surface area contributed by atoms with E-state index in [1.165, 1.54) is 25.3 Å². The normalized spacial score (nSPS) is 9.95. The van der Waals surface area contributed by atoms with Gasteiger partial charge in [0.25, 0.3) is 0 Å². The molecule has 0 saturated carbocycles. The van der Waals surface area contributed by atoms with Crippen LogP contribution in [0.25, 0.3) is 0 Å². The van der Waals surface area contributed by atoms with Crippen molar-refractivity contribution in [3.63, 3.8) is 0 Å². The standard InChI is InChI=1S/C15H13NO5/c1-20-12-6-4-5-11(9-12)14(17)10-21-15-8-3-2-7-13(15)16(18)19/h2-9H,10H2,1H3. The van der Waals surface area contributed by atoms with E-state index < -0.39 is 4.92 Å². The van der Waals surface area contributed by atoms with E-state index in [0.717, 1.165) is 0 Å². The van der Waals surface area contributed by atoms with Crippen molar-refractivity contribution in [2.24, 2.45) is 0 Å². The van der Waals surface area contributed by atoms with Gasteiger partial charge in [-0.2, -0.15) is 0 Å².